The van der Waals surface area contributed by atoms with Gasteiger partial charge >= 0.3 is 10.2 Å². The van der Waals surface area contributed by atoms with Crippen LogP contribution < -0.4 is 8.61 Å². The largest absolute Gasteiger partial charge is 0.338 e. The summed E-state index contributed by atoms with van der Waals surface area (Å²) in [5, 5.41) is 0. The molecule has 28 heavy (non-hydrogen) atoms. The summed E-state index contributed by atoms with van der Waals surface area (Å²) < 4.78 is 28.6. The van der Waals surface area contributed by atoms with Gasteiger partial charge in [0.15, 0.2) is 5.78 Å². The van der Waals surface area contributed by atoms with E-state index in [9.17, 15) is 18.0 Å². The van der Waals surface area contributed by atoms with E-state index in [1.807, 2.05) is 18.2 Å². The second-order valence-electron chi connectivity index (χ2n) is 7.00. The Morgan fingerprint density at radius 1 is 1.00 bits per heavy atom. The van der Waals surface area contributed by atoms with Crippen LogP contribution in [0, 0.1) is 0 Å². The standard InChI is InChI=1S/C19H21N3O4S2/c1-13(23)17-7-8-18(27-17)19(24)21-11-9-14(10-12-21)22-16-6-4-3-5-15(16)20(2)28(22,25)26/h3-8,14H,9-12H2,1-2H3. The minimum Gasteiger partial charge on any atom is -0.338 e. The molecule has 0 bridgehead atoms. The lowest BCUT2D eigenvalue weighted by Crippen LogP contribution is -2.49. The molecule has 0 unspecified atom stereocenters. The first-order valence-electron chi connectivity index (χ1n) is 9.08. The Morgan fingerprint density at radius 2 is 1.61 bits per heavy atom. The lowest BCUT2D eigenvalue weighted by atomic mass is 10.0. The number of carbonyl (C=O) groups excluding carboxylic acids is 2. The quantitative estimate of drug-likeness (QED) is 0.717. The summed E-state index contributed by atoms with van der Waals surface area (Å²) in [5.74, 6) is -0.150. The zero-order chi connectivity index (χ0) is 20.1. The van der Waals surface area contributed by atoms with Gasteiger partial charge in [0.2, 0.25) is 0 Å². The molecular weight excluding hydrogens is 398 g/mol. The molecule has 4 rings (SSSR count). The van der Waals surface area contributed by atoms with Crippen LogP contribution in [-0.2, 0) is 10.2 Å². The van der Waals surface area contributed by atoms with E-state index in [1.165, 1.54) is 26.9 Å². The summed E-state index contributed by atoms with van der Waals surface area (Å²) in [5.41, 5.74) is 1.37. The smallest absolute Gasteiger partial charge is 0.326 e. The molecule has 2 aliphatic heterocycles. The van der Waals surface area contributed by atoms with E-state index in [0.717, 1.165) is 0 Å². The number of hydrogen-bond acceptors (Lipinski definition) is 5. The van der Waals surface area contributed by atoms with Crippen molar-refractivity contribution in [3.8, 4) is 0 Å². The molecule has 0 N–H and O–H groups in total. The Bertz CT molecular complexity index is 1040. The van der Waals surface area contributed by atoms with Crippen molar-refractivity contribution in [2.45, 2.75) is 25.8 Å². The van der Waals surface area contributed by atoms with E-state index in [4.69, 9.17) is 0 Å². The minimum atomic E-state index is -3.59. The van der Waals surface area contributed by atoms with Gasteiger partial charge in [-0.05, 0) is 44.0 Å². The van der Waals surface area contributed by atoms with Crippen molar-refractivity contribution in [3.05, 3.63) is 46.2 Å². The van der Waals surface area contributed by atoms with E-state index in [-0.39, 0.29) is 17.7 Å². The SMILES string of the molecule is CC(=O)c1ccc(C(=O)N2CCC(N3c4ccccc4N(C)S3(=O)=O)CC2)s1. The summed E-state index contributed by atoms with van der Waals surface area (Å²) in [6.07, 6.45) is 1.14. The zero-order valence-electron chi connectivity index (χ0n) is 15.7. The average molecular weight is 420 g/mol. The normalized spacial score (nSPS) is 19.0. The highest BCUT2D eigenvalue weighted by molar-refractivity contribution is 7.94. The van der Waals surface area contributed by atoms with Gasteiger partial charge in [-0.1, -0.05) is 12.1 Å². The average Bonchev–Trinajstić information content (AvgIpc) is 3.25. The minimum absolute atomic E-state index is 0.0511. The fourth-order valence-electron chi connectivity index (χ4n) is 3.78. The Hall–Kier alpha value is -2.39. The maximum Gasteiger partial charge on any atom is 0.326 e. The number of carbonyl (C=O) groups is 2. The number of amides is 1. The third kappa shape index (κ3) is 2.98. The first-order chi connectivity index (χ1) is 13.3. The van der Waals surface area contributed by atoms with Crippen LogP contribution in [0.15, 0.2) is 36.4 Å². The molecule has 0 radical (unpaired) electrons. The molecule has 1 saturated heterocycles. The number of thiophene rings is 1. The van der Waals surface area contributed by atoms with Crippen molar-refractivity contribution >= 4 is 44.6 Å². The predicted molar refractivity (Wildman–Crippen MR) is 109 cm³/mol. The monoisotopic (exact) mass is 419 g/mol. The number of fused-ring (bicyclic) bond motifs is 1. The summed E-state index contributed by atoms with van der Waals surface area (Å²) in [4.78, 5) is 27.0. The number of nitrogens with zero attached hydrogens (tertiary/aromatic N) is 3. The van der Waals surface area contributed by atoms with E-state index in [2.05, 4.69) is 0 Å². The van der Waals surface area contributed by atoms with Crippen LogP contribution >= 0.6 is 11.3 Å². The van der Waals surface area contributed by atoms with Crippen molar-refractivity contribution in [1.29, 1.82) is 0 Å². The number of rotatable bonds is 3. The number of likely N-dealkylation sites (tertiary alicyclic amines) is 1. The lowest BCUT2D eigenvalue weighted by Gasteiger charge is -2.36. The van der Waals surface area contributed by atoms with E-state index >= 15 is 0 Å². The van der Waals surface area contributed by atoms with Crippen molar-refractivity contribution < 1.29 is 18.0 Å². The molecular formula is C19H21N3O4S2. The van der Waals surface area contributed by atoms with Crippen LogP contribution in [-0.4, -0.2) is 51.2 Å². The van der Waals surface area contributed by atoms with Crippen LogP contribution in [0.3, 0.4) is 0 Å². The molecule has 1 aromatic carbocycles. The van der Waals surface area contributed by atoms with Gasteiger partial charge in [-0.3, -0.25) is 13.9 Å². The lowest BCUT2D eigenvalue weighted by molar-refractivity contribution is 0.0720. The molecule has 0 aliphatic carbocycles. The maximum absolute atomic E-state index is 12.9. The van der Waals surface area contributed by atoms with Gasteiger partial charge in [-0.2, -0.15) is 8.42 Å². The fourth-order valence-corrected chi connectivity index (χ4v) is 6.31. The van der Waals surface area contributed by atoms with Gasteiger partial charge in [0, 0.05) is 20.1 Å². The van der Waals surface area contributed by atoms with Gasteiger partial charge in [0.1, 0.15) is 0 Å². The molecule has 1 fully saturated rings. The van der Waals surface area contributed by atoms with Crippen molar-refractivity contribution in [2.24, 2.45) is 0 Å². The number of Topliss-reactive ketones (excluding diaryl/α,β-unsaturated/α-hetero) is 1. The molecule has 148 valence electrons. The number of hydrogen-bond donors (Lipinski definition) is 0. The van der Waals surface area contributed by atoms with Crippen LogP contribution in [0.2, 0.25) is 0 Å². The molecule has 7 nitrogen and oxygen atoms in total. The Balaban J connectivity index is 1.50. The third-order valence-corrected chi connectivity index (χ3v) is 8.36. The van der Waals surface area contributed by atoms with E-state index in [1.54, 1.807) is 30.1 Å². The topological polar surface area (TPSA) is 78.0 Å². The fraction of sp³-hybridized carbons (Fsp3) is 0.368. The second kappa shape index (κ2) is 6.89. The summed E-state index contributed by atoms with van der Waals surface area (Å²) in [6, 6.07) is 10.5. The number of para-hydroxylation sites is 2. The summed E-state index contributed by atoms with van der Waals surface area (Å²) in [7, 11) is -2.03. The molecule has 0 atom stereocenters. The van der Waals surface area contributed by atoms with Crippen LogP contribution in [0.4, 0.5) is 11.4 Å². The molecule has 3 heterocycles. The summed E-state index contributed by atoms with van der Waals surface area (Å²) >= 11 is 1.21. The van der Waals surface area contributed by atoms with E-state index < -0.39 is 10.2 Å². The second-order valence-corrected chi connectivity index (χ2v) is 9.92. The number of anilines is 2. The van der Waals surface area contributed by atoms with Crippen LogP contribution in [0.25, 0.3) is 0 Å². The number of benzene rings is 1. The molecule has 0 spiro atoms. The first kappa shape index (κ1) is 18.9. The third-order valence-electron chi connectivity index (χ3n) is 5.30. The predicted octanol–water partition coefficient (Wildman–Crippen LogP) is 2.76. The van der Waals surface area contributed by atoms with Crippen LogP contribution in [0.5, 0.6) is 0 Å². The van der Waals surface area contributed by atoms with Crippen LogP contribution in [0.1, 0.15) is 39.1 Å². The van der Waals surface area contributed by atoms with Gasteiger partial charge in [-0.25, -0.2) is 4.31 Å². The van der Waals surface area contributed by atoms with Crippen molar-refractivity contribution in [1.82, 2.24) is 4.90 Å². The Labute approximate surface area is 168 Å². The zero-order valence-corrected chi connectivity index (χ0v) is 17.3. The number of ketones is 1. The molecule has 1 amide bonds. The molecule has 2 aliphatic rings. The highest BCUT2D eigenvalue weighted by atomic mass is 32.2. The van der Waals surface area contributed by atoms with Gasteiger partial charge < -0.3 is 4.90 Å². The molecule has 0 saturated carbocycles. The summed E-state index contributed by atoms with van der Waals surface area (Å²) in [6.45, 7) is 2.44. The van der Waals surface area contributed by atoms with Gasteiger partial charge in [0.05, 0.1) is 27.2 Å². The molecule has 2 aromatic rings. The highest BCUT2D eigenvalue weighted by Gasteiger charge is 2.43. The Morgan fingerprint density at radius 3 is 2.21 bits per heavy atom. The Kier molecular flexibility index (Phi) is 4.67. The van der Waals surface area contributed by atoms with Gasteiger partial charge in [0.25, 0.3) is 5.91 Å². The van der Waals surface area contributed by atoms with Crippen molar-refractivity contribution in [2.75, 3.05) is 28.7 Å². The molecule has 9 heteroatoms. The highest BCUT2D eigenvalue weighted by Crippen LogP contribution is 2.42. The van der Waals surface area contributed by atoms with E-state index in [0.29, 0.717) is 47.1 Å². The molecule has 1 aromatic heterocycles. The van der Waals surface area contributed by atoms with Gasteiger partial charge in [-0.15, -0.1) is 11.3 Å². The maximum atomic E-state index is 12.9. The first-order valence-corrected chi connectivity index (χ1v) is 11.3. The number of piperidine rings is 1. The van der Waals surface area contributed by atoms with Crippen molar-refractivity contribution in [3.63, 3.8) is 0 Å².